The summed E-state index contributed by atoms with van der Waals surface area (Å²) in [5.41, 5.74) is 4.18. The van der Waals surface area contributed by atoms with E-state index < -0.39 is 0 Å². The molecule has 2 nitrogen and oxygen atoms in total. The third-order valence-electron chi connectivity index (χ3n) is 4.36. The molecule has 0 amide bonds. The maximum atomic E-state index is 13.2. The summed E-state index contributed by atoms with van der Waals surface area (Å²) in [7, 11) is 0. The zero-order valence-corrected chi connectivity index (χ0v) is 15.0. The van der Waals surface area contributed by atoms with Gasteiger partial charge in [0.25, 0.3) is 0 Å². The van der Waals surface area contributed by atoms with E-state index in [0.29, 0.717) is 0 Å². The Morgan fingerprint density at radius 2 is 1.56 bits per heavy atom. The number of anilines is 1. The molecule has 4 heteroatoms. The highest BCUT2D eigenvalue weighted by atomic mass is 79.9. The molecule has 3 aromatic rings. The van der Waals surface area contributed by atoms with Gasteiger partial charge in [0.2, 0.25) is 0 Å². The number of hydrogen-bond acceptors (Lipinski definition) is 2. The highest BCUT2D eigenvalue weighted by Crippen LogP contribution is 2.36. The summed E-state index contributed by atoms with van der Waals surface area (Å²) in [6.45, 7) is 0. The Hall–Kier alpha value is -2.46. The van der Waals surface area contributed by atoms with Gasteiger partial charge in [0.15, 0.2) is 0 Å². The van der Waals surface area contributed by atoms with Gasteiger partial charge in [-0.3, -0.25) is 5.01 Å². The van der Waals surface area contributed by atoms with E-state index in [1.54, 1.807) is 12.1 Å². The van der Waals surface area contributed by atoms with Gasteiger partial charge in [0.05, 0.1) is 17.4 Å². The van der Waals surface area contributed by atoms with Gasteiger partial charge in [0, 0.05) is 10.9 Å². The van der Waals surface area contributed by atoms with E-state index in [0.717, 1.165) is 27.9 Å². The average Bonchev–Trinajstić information content (AvgIpc) is 3.09. The fourth-order valence-corrected chi connectivity index (χ4v) is 3.36. The maximum absolute atomic E-state index is 13.2. The minimum Gasteiger partial charge on any atom is -0.257 e. The van der Waals surface area contributed by atoms with Crippen LogP contribution in [-0.4, -0.2) is 5.71 Å². The molecule has 0 unspecified atom stereocenters. The summed E-state index contributed by atoms with van der Waals surface area (Å²) < 4.78 is 14.3. The fourth-order valence-electron chi connectivity index (χ4n) is 3.09. The van der Waals surface area contributed by atoms with Crippen LogP contribution in [0.25, 0.3) is 0 Å². The predicted octanol–water partition coefficient (Wildman–Crippen LogP) is 5.94. The van der Waals surface area contributed by atoms with Crippen LogP contribution in [-0.2, 0) is 0 Å². The molecule has 0 fully saturated rings. The van der Waals surface area contributed by atoms with Gasteiger partial charge in [-0.25, -0.2) is 4.39 Å². The predicted molar refractivity (Wildman–Crippen MR) is 103 cm³/mol. The first-order chi connectivity index (χ1) is 12.2. The van der Waals surface area contributed by atoms with E-state index in [2.05, 4.69) is 45.2 Å². The van der Waals surface area contributed by atoms with Gasteiger partial charge in [-0.2, -0.15) is 5.10 Å². The summed E-state index contributed by atoms with van der Waals surface area (Å²) in [4.78, 5) is 0. The molecule has 124 valence electrons. The average molecular weight is 395 g/mol. The molecular weight excluding hydrogens is 379 g/mol. The molecule has 0 N–H and O–H groups in total. The summed E-state index contributed by atoms with van der Waals surface area (Å²) in [5.74, 6) is -0.230. The van der Waals surface area contributed by atoms with Crippen molar-refractivity contribution in [2.75, 3.05) is 5.01 Å². The third kappa shape index (κ3) is 3.35. The number of hydrazone groups is 1. The highest BCUT2D eigenvalue weighted by Gasteiger charge is 2.29. The van der Waals surface area contributed by atoms with Crippen molar-refractivity contribution in [3.8, 4) is 0 Å². The molecule has 0 bridgehead atoms. The SMILES string of the molecule is Fc1ccc(C2=NN(c3ccc(Br)cc3)[C@@H](c3ccccc3)C2)cc1. The maximum Gasteiger partial charge on any atom is 0.123 e. The molecule has 1 atom stereocenters. The zero-order chi connectivity index (χ0) is 17.2. The van der Waals surface area contributed by atoms with Gasteiger partial charge in [-0.05, 0) is 47.5 Å². The Labute approximate surface area is 154 Å². The van der Waals surface area contributed by atoms with E-state index in [1.165, 1.54) is 17.7 Å². The van der Waals surface area contributed by atoms with Gasteiger partial charge in [0.1, 0.15) is 5.82 Å². The highest BCUT2D eigenvalue weighted by molar-refractivity contribution is 9.10. The lowest BCUT2D eigenvalue weighted by atomic mass is 9.98. The minimum absolute atomic E-state index is 0.127. The van der Waals surface area contributed by atoms with Crippen molar-refractivity contribution < 1.29 is 4.39 Å². The molecule has 25 heavy (non-hydrogen) atoms. The molecule has 0 saturated carbocycles. The number of halogens is 2. The smallest absolute Gasteiger partial charge is 0.123 e. The van der Waals surface area contributed by atoms with Crippen molar-refractivity contribution in [1.29, 1.82) is 0 Å². The summed E-state index contributed by atoms with van der Waals surface area (Å²) in [6, 6.07) is 25.2. The summed E-state index contributed by atoms with van der Waals surface area (Å²) in [5, 5.41) is 6.91. The number of rotatable bonds is 3. The van der Waals surface area contributed by atoms with E-state index >= 15 is 0 Å². The summed E-state index contributed by atoms with van der Waals surface area (Å²) in [6.07, 6.45) is 0.783. The second-order valence-corrected chi connectivity index (χ2v) is 6.92. The van der Waals surface area contributed by atoms with Crippen LogP contribution in [0.4, 0.5) is 10.1 Å². The molecule has 1 heterocycles. The van der Waals surface area contributed by atoms with E-state index in [1.807, 2.05) is 30.3 Å². The van der Waals surface area contributed by atoms with Crippen molar-refractivity contribution in [2.45, 2.75) is 12.5 Å². The van der Waals surface area contributed by atoms with Crippen LogP contribution in [0.1, 0.15) is 23.6 Å². The second kappa shape index (κ2) is 6.81. The second-order valence-electron chi connectivity index (χ2n) is 6.01. The van der Waals surface area contributed by atoms with Crippen LogP contribution >= 0.6 is 15.9 Å². The quantitative estimate of drug-likeness (QED) is 0.536. The molecule has 3 aromatic carbocycles. The molecule has 1 aliphatic heterocycles. The molecule has 0 saturated heterocycles. The standard InChI is InChI=1S/C21H16BrFN2/c22-17-8-12-19(13-9-17)25-21(16-4-2-1-3-5-16)14-20(24-25)15-6-10-18(23)11-7-15/h1-13,21H,14H2/t21-/m1/s1. The van der Waals surface area contributed by atoms with Crippen LogP contribution in [0.5, 0.6) is 0 Å². The number of nitrogens with zero attached hydrogens (tertiary/aromatic N) is 2. The molecule has 0 aromatic heterocycles. The minimum atomic E-state index is -0.230. The van der Waals surface area contributed by atoms with Crippen molar-refractivity contribution in [1.82, 2.24) is 0 Å². The number of benzene rings is 3. The van der Waals surface area contributed by atoms with Gasteiger partial charge >= 0.3 is 0 Å². The fraction of sp³-hybridized carbons (Fsp3) is 0.0952. The lowest BCUT2D eigenvalue weighted by Crippen LogP contribution is -2.18. The monoisotopic (exact) mass is 394 g/mol. The van der Waals surface area contributed by atoms with Gasteiger partial charge in [-0.15, -0.1) is 0 Å². The topological polar surface area (TPSA) is 15.6 Å². The molecule has 1 aliphatic rings. The Kier molecular flexibility index (Phi) is 4.36. The van der Waals surface area contributed by atoms with Gasteiger partial charge in [-0.1, -0.05) is 58.4 Å². The Morgan fingerprint density at radius 1 is 0.880 bits per heavy atom. The van der Waals surface area contributed by atoms with Crippen LogP contribution < -0.4 is 5.01 Å². The van der Waals surface area contributed by atoms with Crippen LogP contribution in [0.15, 0.2) is 88.4 Å². The van der Waals surface area contributed by atoms with Crippen molar-refractivity contribution >= 4 is 27.3 Å². The number of hydrogen-bond donors (Lipinski definition) is 0. The first-order valence-corrected chi connectivity index (χ1v) is 8.93. The third-order valence-corrected chi connectivity index (χ3v) is 4.89. The molecule has 0 spiro atoms. The molecular formula is C21H16BrFN2. The van der Waals surface area contributed by atoms with E-state index in [-0.39, 0.29) is 11.9 Å². The first kappa shape index (κ1) is 16.0. The Balaban J connectivity index is 1.74. The molecule has 0 aliphatic carbocycles. The van der Waals surface area contributed by atoms with Crippen molar-refractivity contribution in [3.05, 3.63) is 100 Å². The molecule has 0 radical (unpaired) electrons. The zero-order valence-electron chi connectivity index (χ0n) is 13.4. The van der Waals surface area contributed by atoms with E-state index in [4.69, 9.17) is 5.10 Å². The van der Waals surface area contributed by atoms with Crippen molar-refractivity contribution in [3.63, 3.8) is 0 Å². The van der Waals surface area contributed by atoms with Crippen molar-refractivity contribution in [2.24, 2.45) is 5.10 Å². The lowest BCUT2D eigenvalue weighted by Gasteiger charge is -2.24. The van der Waals surface area contributed by atoms with Gasteiger partial charge < -0.3 is 0 Å². The Morgan fingerprint density at radius 3 is 2.24 bits per heavy atom. The Bertz CT molecular complexity index is 889. The normalized spacial score (nSPS) is 16.8. The van der Waals surface area contributed by atoms with Crippen LogP contribution in [0, 0.1) is 5.82 Å². The largest absolute Gasteiger partial charge is 0.257 e. The van der Waals surface area contributed by atoms with E-state index in [9.17, 15) is 4.39 Å². The molecule has 4 rings (SSSR count). The van der Waals surface area contributed by atoms with Crippen LogP contribution in [0.3, 0.4) is 0 Å². The van der Waals surface area contributed by atoms with Crippen LogP contribution in [0.2, 0.25) is 0 Å². The lowest BCUT2D eigenvalue weighted by molar-refractivity contribution is 0.627. The first-order valence-electron chi connectivity index (χ1n) is 8.14. The summed E-state index contributed by atoms with van der Waals surface area (Å²) >= 11 is 3.48.